The number of hydrogen-bond donors (Lipinski definition) is 1. The largest absolute Gasteiger partial charge is 0.382 e. The summed E-state index contributed by atoms with van der Waals surface area (Å²) in [6.07, 6.45) is 0.228. The Morgan fingerprint density at radius 2 is 1.86 bits per heavy atom. The molecule has 0 saturated heterocycles. The number of nitrogens with zero attached hydrogens (tertiary/aromatic N) is 2. The SMILES string of the molecule is CCc1cc(C(O)c2cccc3ccccc23)n(CC)n1. The zero-order chi connectivity index (χ0) is 14.8. The van der Waals surface area contributed by atoms with Crippen LogP contribution in [0.1, 0.15) is 36.9 Å². The molecule has 1 unspecified atom stereocenters. The topological polar surface area (TPSA) is 38.0 Å². The van der Waals surface area contributed by atoms with Gasteiger partial charge in [0.15, 0.2) is 0 Å². The Labute approximate surface area is 124 Å². The van der Waals surface area contributed by atoms with Crippen LogP contribution in [0.5, 0.6) is 0 Å². The average Bonchev–Trinajstić information content (AvgIpc) is 2.97. The predicted molar refractivity (Wildman–Crippen MR) is 85.3 cm³/mol. The van der Waals surface area contributed by atoms with Gasteiger partial charge in [0.1, 0.15) is 6.10 Å². The van der Waals surface area contributed by atoms with E-state index in [0.29, 0.717) is 0 Å². The Hall–Kier alpha value is -2.13. The minimum Gasteiger partial charge on any atom is -0.382 e. The van der Waals surface area contributed by atoms with Gasteiger partial charge in [0.2, 0.25) is 0 Å². The molecule has 3 aromatic rings. The fraction of sp³-hybridized carbons (Fsp3) is 0.278. The molecule has 3 rings (SSSR count). The third-order valence-corrected chi connectivity index (χ3v) is 3.92. The summed E-state index contributed by atoms with van der Waals surface area (Å²) in [6.45, 7) is 4.89. The number of aliphatic hydroxyl groups excluding tert-OH is 1. The number of aryl methyl sites for hydroxylation is 2. The van der Waals surface area contributed by atoms with Crippen molar-refractivity contribution in [3.05, 3.63) is 65.5 Å². The van der Waals surface area contributed by atoms with Crippen molar-refractivity contribution in [1.82, 2.24) is 9.78 Å². The first kappa shape index (κ1) is 13.8. The highest BCUT2D eigenvalue weighted by Crippen LogP contribution is 2.29. The third-order valence-electron chi connectivity index (χ3n) is 3.92. The Bertz CT molecular complexity index is 756. The second kappa shape index (κ2) is 5.70. The van der Waals surface area contributed by atoms with Crippen LogP contribution in [-0.2, 0) is 13.0 Å². The molecule has 1 heterocycles. The number of hydrogen-bond acceptors (Lipinski definition) is 2. The molecule has 1 N–H and O–H groups in total. The summed E-state index contributed by atoms with van der Waals surface area (Å²) >= 11 is 0. The van der Waals surface area contributed by atoms with Gasteiger partial charge in [-0.15, -0.1) is 0 Å². The molecule has 0 bridgehead atoms. The Morgan fingerprint density at radius 1 is 1.10 bits per heavy atom. The minimum atomic E-state index is -0.649. The van der Waals surface area contributed by atoms with Gasteiger partial charge in [-0.2, -0.15) is 5.10 Å². The van der Waals surface area contributed by atoms with Gasteiger partial charge in [0, 0.05) is 6.54 Å². The lowest BCUT2D eigenvalue weighted by Gasteiger charge is -2.15. The normalized spacial score (nSPS) is 12.7. The maximum absolute atomic E-state index is 10.8. The fourth-order valence-corrected chi connectivity index (χ4v) is 2.78. The van der Waals surface area contributed by atoms with Crippen molar-refractivity contribution in [3.63, 3.8) is 0 Å². The standard InChI is InChI=1S/C18H20N2O/c1-3-14-12-17(20(4-2)19-14)18(21)16-11-7-9-13-8-5-6-10-15(13)16/h5-12,18,21H,3-4H2,1-2H3. The molecule has 108 valence electrons. The van der Waals surface area contributed by atoms with Crippen molar-refractivity contribution in [2.24, 2.45) is 0 Å². The van der Waals surface area contributed by atoms with Crippen molar-refractivity contribution in [3.8, 4) is 0 Å². The quantitative estimate of drug-likeness (QED) is 0.791. The fourth-order valence-electron chi connectivity index (χ4n) is 2.78. The molecule has 3 heteroatoms. The van der Waals surface area contributed by atoms with E-state index in [1.54, 1.807) is 0 Å². The van der Waals surface area contributed by atoms with Crippen LogP contribution in [-0.4, -0.2) is 14.9 Å². The summed E-state index contributed by atoms with van der Waals surface area (Å²) in [5, 5.41) is 17.6. The molecule has 1 atom stereocenters. The summed E-state index contributed by atoms with van der Waals surface area (Å²) in [5.41, 5.74) is 2.82. The monoisotopic (exact) mass is 280 g/mol. The van der Waals surface area contributed by atoms with Gasteiger partial charge in [0.05, 0.1) is 11.4 Å². The summed E-state index contributed by atoms with van der Waals surface area (Å²) in [5.74, 6) is 0. The Kier molecular flexibility index (Phi) is 3.76. The number of benzene rings is 2. The molecule has 0 aliphatic carbocycles. The summed E-state index contributed by atoms with van der Waals surface area (Å²) in [4.78, 5) is 0. The van der Waals surface area contributed by atoms with E-state index in [1.165, 1.54) is 0 Å². The first-order chi connectivity index (χ1) is 10.2. The summed E-state index contributed by atoms with van der Waals surface area (Å²) < 4.78 is 1.89. The number of aliphatic hydroxyl groups is 1. The Morgan fingerprint density at radius 3 is 2.62 bits per heavy atom. The first-order valence-electron chi connectivity index (χ1n) is 7.47. The molecule has 0 spiro atoms. The van der Waals surface area contributed by atoms with Crippen molar-refractivity contribution in [2.75, 3.05) is 0 Å². The van der Waals surface area contributed by atoms with E-state index >= 15 is 0 Å². The van der Waals surface area contributed by atoms with E-state index in [-0.39, 0.29) is 0 Å². The van der Waals surface area contributed by atoms with Crippen LogP contribution in [0, 0.1) is 0 Å². The summed E-state index contributed by atoms with van der Waals surface area (Å²) in [6, 6.07) is 16.2. The van der Waals surface area contributed by atoms with E-state index < -0.39 is 6.10 Å². The molecule has 0 saturated carbocycles. The zero-order valence-corrected chi connectivity index (χ0v) is 12.5. The van der Waals surface area contributed by atoms with Crippen LogP contribution in [0.15, 0.2) is 48.5 Å². The van der Waals surface area contributed by atoms with E-state index in [4.69, 9.17) is 0 Å². The number of rotatable bonds is 4. The van der Waals surface area contributed by atoms with Crippen LogP contribution in [0.4, 0.5) is 0 Å². The molecular formula is C18H20N2O. The predicted octanol–water partition coefficient (Wildman–Crippen LogP) is 3.70. The molecular weight excluding hydrogens is 260 g/mol. The maximum Gasteiger partial charge on any atom is 0.121 e. The van der Waals surface area contributed by atoms with Gasteiger partial charge in [-0.05, 0) is 35.7 Å². The van der Waals surface area contributed by atoms with E-state index in [1.807, 2.05) is 41.9 Å². The minimum absolute atomic E-state index is 0.649. The van der Waals surface area contributed by atoms with E-state index in [0.717, 1.165) is 40.7 Å². The lowest BCUT2D eigenvalue weighted by atomic mass is 9.98. The third kappa shape index (κ3) is 2.45. The lowest BCUT2D eigenvalue weighted by Crippen LogP contribution is -2.09. The molecule has 1 aromatic heterocycles. The highest BCUT2D eigenvalue weighted by molar-refractivity contribution is 5.86. The smallest absolute Gasteiger partial charge is 0.121 e. The van der Waals surface area contributed by atoms with Crippen LogP contribution in [0.25, 0.3) is 10.8 Å². The highest BCUT2D eigenvalue weighted by Gasteiger charge is 2.18. The molecule has 2 aromatic carbocycles. The van der Waals surface area contributed by atoms with Gasteiger partial charge in [-0.3, -0.25) is 4.68 Å². The second-order valence-electron chi connectivity index (χ2n) is 5.20. The lowest BCUT2D eigenvalue weighted by molar-refractivity contribution is 0.209. The van der Waals surface area contributed by atoms with Crippen LogP contribution in [0.2, 0.25) is 0 Å². The van der Waals surface area contributed by atoms with Crippen molar-refractivity contribution >= 4 is 10.8 Å². The molecule has 0 aliphatic heterocycles. The molecule has 0 amide bonds. The summed E-state index contributed by atoms with van der Waals surface area (Å²) in [7, 11) is 0. The highest BCUT2D eigenvalue weighted by atomic mass is 16.3. The van der Waals surface area contributed by atoms with Gasteiger partial charge in [0.25, 0.3) is 0 Å². The molecule has 0 aliphatic rings. The van der Waals surface area contributed by atoms with Gasteiger partial charge in [-0.1, -0.05) is 49.4 Å². The van der Waals surface area contributed by atoms with Crippen molar-refractivity contribution in [2.45, 2.75) is 32.9 Å². The Balaban J connectivity index is 2.12. The van der Waals surface area contributed by atoms with Gasteiger partial charge in [-0.25, -0.2) is 0 Å². The molecule has 21 heavy (non-hydrogen) atoms. The number of aromatic nitrogens is 2. The molecule has 0 radical (unpaired) electrons. The average molecular weight is 280 g/mol. The van der Waals surface area contributed by atoms with Crippen LogP contribution >= 0.6 is 0 Å². The zero-order valence-electron chi connectivity index (χ0n) is 12.5. The second-order valence-corrected chi connectivity index (χ2v) is 5.20. The first-order valence-corrected chi connectivity index (χ1v) is 7.47. The van der Waals surface area contributed by atoms with Crippen LogP contribution < -0.4 is 0 Å². The maximum atomic E-state index is 10.8. The molecule has 3 nitrogen and oxygen atoms in total. The van der Waals surface area contributed by atoms with Gasteiger partial charge < -0.3 is 5.11 Å². The van der Waals surface area contributed by atoms with E-state index in [9.17, 15) is 5.11 Å². The number of fused-ring (bicyclic) bond motifs is 1. The molecule has 0 fully saturated rings. The van der Waals surface area contributed by atoms with Crippen molar-refractivity contribution < 1.29 is 5.11 Å². The van der Waals surface area contributed by atoms with E-state index in [2.05, 4.69) is 30.2 Å². The van der Waals surface area contributed by atoms with Gasteiger partial charge >= 0.3 is 0 Å². The van der Waals surface area contributed by atoms with Crippen molar-refractivity contribution in [1.29, 1.82) is 0 Å². The van der Waals surface area contributed by atoms with Crippen LogP contribution in [0.3, 0.4) is 0 Å².